The minimum atomic E-state index is -4.51. The molecule has 1 aliphatic rings. The van der Waals surface area contributed by atoms with Gasteiger partial charge in [0.1, 0.15) is 0 Å². The number of halogens is 3. The van der Waals surface area contributed by atoms with Gasteiger partial charge in [-0.2, -0.15) is 13.2 Å². The first kappa shape index (κ1) is 15.6. The van der Waals surface area contributed by atoms with E-state index >= 15 is 0 Å². The Morgan fingerprint density at radius 2 is 2.14 bits per heavy atom. The van der Waals surface area contributed by atoms with Crippen LogP contribution in [0.2, 0.25) is 0 Å². The second kappa shape index (κ2) is 5.93. The Morgan fingerprint density at radius 1 is 1.43 bits per heavy atom. The van der Waals surface area contributed by atoms with E-state index in [0.29, 0.717) is 19.6 Å². The number of carbonyl (C=O) groups is 1. The summed E-state index contributed by atoms with van der Waals surface area (Å²) in [6, 6.07) is 3.50. The molecule has 1 unspecified atom stereocenters. The van der Waals surface area contributed by atoms with E-state index in [2.05, 4.69) is 5.32 Å². The van der Waals surface area contributed by atoms with Crippen molar-refractivity contribution in [3.63, 3.8) is 0 Å². The first-order valence-corrected chi connectivity index (χ1v) is 6.59. The van der Waals surface area contributed by atoms with Gasteiger partial charge in [0.05, 0.1) is 29.5 Å². The molecular weight excluding hydrogens is 285 g/mol. The molecule has 0 saturated carbocycles. The van der Waals surface area contributed by atoms with Gasteiger partial charge >= 0.3 is 6.18 Å². The fraction of sp³-hybridized carbons (Fsp3) is 0.500. The van der Waals surface area contributed by atoms with Crippen LogP contribution >= 0.6 is 0 Å². The van der Waals surface area contributed by atoms with Crippen molar-refractivity contribution in [3.8, 4) is 0 Å². The lowest BCUT2D eigenvalue weighted by molar-refractivity contribution is -0.136. The SMILES string of the molecule is CNc1c(C(=O)N(C)C2CCOC2)cccc1C(F)(F)F. The predicted octanol–water partition coefficient (Wildman–Crippen LogP) is 2.61. The van der Waals surface area contributed by atoms with Crippen LogP contribution in [0.1, 0.15) is 22.3 Å². The Hall–Kier alpha value is -1.76. The molecule has 1 aliphatic heterocycles. The van der Waals surface area contributed by atoms with Crippen LogP contribution in [-0.2, 0) is 10.9 Å². The molecule has 1 heterocycles. The monoisotopic (exact) mass is 302 g/mol. The fourth-order valence-electron chi connectivity index (χ4n) is 2.42. The van der Waals surface area contributed by atoms with E-state index in [1.165, 1.54) is 24.1 Å². The number of nitrogens with zero attached hydrogens (tertiary/aromatic N) is 1. The number of ether oxygens (including phenoxy) is 1. The Bertz CT molecular complexity index is 525. The Balaban J connectivity index is 2.36. The standard InChI is InChI=1S/C14H17F3N2O2/c1-18-12-10(4-3-5-11(12)14(15,16)17)13(20)19(2)9-6-7-21-8-9/h3-5,9,18H,6-8H2,1-2H3. The van der Waals surface area contributed by atoms with Gasteiger partial charge in [-0.15, -0.1) is 0 Å². The zero-order valence-electron chi connectivity index (χ0n) is 11.8. The van der Waals surface area contributed by atoms with Crippen LogP contribution in [-0.4, -0.2) is 44.2 Å². The molecular formula is C14H17F3N2O2. The fourth-order valence-corrected chi connectivity index (χ4v) is 2.42. The molecule has 1 saturated heterocycles. The molecule has 1 aromatic rings. The number of amides is 1. The molecule has 1 fully saturated rings. The summed E-state index contributed by atoms with van der Waals surface area (Å²) in [4.78, 5) is 13.9. The van der Waals surface area contributed by atoms with E-state index < -0.39 is 17.6 Å². The van der Waals surface area contributed by atoms with Crippen molar-refractivity contribution in [1.82, 2.24) is 4.90 Å². The van der Waals surface area contributed by atoms with Crippen LogP contribution in [0.4, 0.5) is 18.9 Å². The number of hydrogen-bond donors (Lipinski definition) is 1. The van der Waals surface area contributed by atoms with Crippen LogP contribution in [0.25, 0.3) is 0 Å². The molecule has 0 aliphatic carbocycles. The van der Waals surface area contributed by atoms with Gasteiger partial charge in [-0.1, -0.05) is 6.07 Å². The highest BCUT2D eigenvalue weighted by Gasteiger charge is 2.36. The minimum Gasteiger partial charge on any atom is -0.387 e. The van der Waals surface area contributed by atoms with Crippen LogP contribution in [0.5, 0.6) is 0 Å². The average molecular weight is 302 g/mol. The Kier molecular flexibility index (Phi) is 4.41. The molecule has 1 amide bonds. The number of rotatable bonds is 3. The van der Waals surface area contributed by atoms with Crippen LogP contribution in [0, 0.1) is 0 Å². The third-order valence-corrected chi connectivity index (χ3v) is 3.62. The van der Waals surface area contributed by atoms with Crippen molar-refractivity contribution >= 4 is 11.6 Å². The van der Waals surface area contributed by atoms with Crippen LogP contribution < -0.4 is 5.32 Å². The lowest BCUT2D eigenvalue weighted by atomic mass is 10.0. The number of carbonyl (C=O) groups excluding carboxylic acids is 1. The summed E-state index contributed by atoms with van der Waals surface area (Å²) in [7, 11) is 2.96. The van der Waals surface area contributed by atoms with Gasteiger partial charge in [-0.25, -0.2) is 0 Å². The molecule has 0 bridgehead atoms. The van der Waals surface area contributed by atoms with E-state index in [9.17, 15) is 18.0 Å². The van der Waals surface area contributed by atoms with Crippen molar-refractivity contribution in [2.75, 3.05) is 32.6 Å². The van der Waals surface area contributed by atoms with Crippen molar-refractivity contribution in [3.05, 3.63) is 29.3 Å². The van der Waals surface area contributed by atoms with Gasteiger partial charge in [-0.05, 0) is 18.6 Å². The molecule has 0 radical (unpaired) electrons. The van der Waals surface area contributed by atoms with Gasteiger partial charge in [0.25, 0.3) is 5.91 Å². The molecule has 1 N–H and O–H groups in total. The van der Waals surface area contributed by atoms with Crippen molar-refractivity contribution < 1.29 is 22.7 Å². The van der Waals surface area contributed by atoms with Gasteiger partial charge in [0.15, 0.2) is 0 Å². The van der Waals surface area contributed by atoms with Crippen molar-refractivity contribution in [1.29, 1.82) is 0 Å². The van der Waals surface area contributed by atoms with Crippen LogP contribution in [0.3, 0.4) is 0 Å². The van der Waals surface area contributed by atoms with E-state index in [-0.39, 0.29) is 17.3 Å². The van der Waals surface area contributed by atoms with Crippen LogP contribution in [0.15, 0.2) is 18.2 Å². The largest absolute Gasteiger partial charge is 0.418 e. The Labute approximate surface area is 120 Å². The molecule has 1 atom stereocenters. The van der Waals surface area contributed by atoms with Crippen molar-refractivity contribution in [2.45, 2.75) is 18.6 Å². The number of hydrogen-bond acceptors (Lipinski definition) is 3. The molecule has 4 nitrogen and oxygen atoms in total. The topological polar surface area (TPSA) is 41.6 Å². The second-order valence-corrected chi connectivity index (χ2v) is 4.91. The van der Waals surface area contributed by atoms with Gasteiger partial charge in [-0.3, -0.25) is 4.79 Å². The van der Waals surface area contributed by atoms with Crippen molar-refractivity contribution in [2.24, 2.45) is 0 Å². The molecule has 1 aromatic carbocycles. The maximum Gasteiger partial charge on any atom is 0.418 e. The zero-order valence-corrected chi connectivity index (χ0v) is 11.8. The summed E-state index contributed by atoms with van der Waals surface area (Å²) in [6.07, 6.45) is -3.82. The number of para-hydroxylation sites is 1. The maximum absolute atomic E-state index is 13.0. The molecule has 0 spiro atoms. The van der Waals surface area contributed by atoms with E-state index in [0.717, 1.165) is 6.07 Å². The summed E-state index contributed by atoms with van der Waals surface area (Å²) >= 11 is 0. The van der Waals surface area contributed by atoms with E-state index in [1.54, 1.807) is 7.05 Å². The predicted molar refractivity (Wildman–Crippen MR) is 72.3 cm³/mol. The maximum atomic E-state index is 13.0. The number of nitrogens with one attached hydrogen (secondary N) is 1. The first-order valence-electron chi connectivity index (χ1n) is 6.59. The van der Waals surface area contributed by atoms with E-state index in [4.69, 9.17) is 4.74 Å². The zero-order chi connectivity index (χ0) is 15.6. The highest BCUT2D eigenvalue weighted by molar-refractivity contribution is 6.00. The van der Waals surface area contributed by atoms with E-state index in [1.807, 2.05) is 0 Å². The minimum absolute atomic E-state index is 0.0155. The van der Waals surface area contributed by atoms with Gasteiger partial charge in [0.2, 0.25) is 0 Å². The summed E-state index contributed by atoms with van der Waals surface area (Å²) in [5, 5.41) is 2.50. The van der Waals surface area contributed by atoms with Gasteiger partial charge < -0.3 is 15.0 Å². The highest BCUT2D eigenvalue weighted by Crippen LogP contribution is 2.36. The number of anilines is 1. The summed E-state index contributed by atoms with van der Waals surface area (Å²) in [5.41, 5.74) is -1.02. The average Bonchev–Trinajstić information content (AvgIpc) is 2.98. The Morgan fingerprint density at radius 3 is 2.67 bits per heavy atom. The highest BCUT2D eigenvalue weighted by atomic mass is 19.4. The summed E-state index contributed by atoms with van der Waals surface area (Å²) in [6.45, 7) is 0.972. The molecule has 116 valence electrons. The lowest BCUT2D eigenvalue weighted by Crippen LogP contribution is -2.37. The smallest absolute Gasteiger partial charge is 0.387 e. The van der Waals surface area contributed by atoms with Gasteiger partial charge in [0, 0.05) is 20.7 Å². The summed E-state index contributed by atoms with van der Waals surface area (Å²) < 4.78 is 44.2. The number of likely N-dealkylation sites (N-methyl/N-ethyl adjacent to an activating group) is 1. The number of alkyl halides is 3. The summed E-state index contributed by atoms with van der Waals surface area (Å²) in [5.74, 6) is -0.444. The second-order valence-electron chi connectivity index (χ2n) is 4.91. The normalized spacial score (nSPS) is 18.6. The molecule has 0 aromatic heterocycles. The molecule has 2 rings (SSSR count). The number of benzene rings is 1. The molecule has 7 heteroatoms. The molecule has 21 heavy (non-hydrogen) atoms. The third-order valence-electron chi connectivity index (χ3n) is 3.62. The lowest BCUT2D eigenvalue weighted by Gasteiger charge is -2.25. The quantitative estimate of drug-likeness (QED) is 0.933. The first-order chi connectivity index (χ1) is 9.86. The third kappa shape index (κ3) is 3.12.